The van der Waals surface area contributed by atoms with E-state index in [-0.39, 0.29) is 18.4 Å². The van der Waals surface area contributed by atoms with E-state index in [2.05, 4.69) is 0 Å². The molecular weight excluding hydrogens is 328 g/mol. The van der Waals surface area contributed by atoms with Crippen molar-refractivity contribution in [2.45, 2.75) is 12.8 Å². The van der Waals surface area contributed by atoms with E-state index in [1.165, 1.54) is 5.56 Å². The fourth-order valence-corrected chi connectivity index (χ4v) is 3.01. The van der Waals surface area contributed by atoms with Crippen LogP contribution < -0.4 is 4.74 Å². The Morgan fingerprint density at radius 1 is 0.769 bits per heavy atom. The maximum Gasteiger partial charge on any atom is 0.260 e. The van der Waals surface area contributed by atoms with E-state index in [4.69, 9.17) is 4.74 Å². The number of hydrogen-bond acceptors (Lipinski definition) is 3. The van der Waals surface area contributed by atoms with E-state index in [1.807, 2.05) is 65.6 Å². The number of hydrogen-bond donors (Lipinski definition) is 0. The molecule has 5 heteroatoms. The Bertz CT molecular complexity index is 647. The van der Waals surface area contributed by atoms with Crippen LogP contribution in [0.2, 0.25) is 0 Å². The van der Waals surface area contributed by atoms with Crippen molar-refractivity contribution >= 4 is 11.8 Å². The smallest absolute Gasteiger partial charge is 0.260 e. The minimum atomic E-state index is -0.0368. The average molecular weight is 352 g/mol. The van der Waals surface area contributed by atoms with Gasteiger partial charge in [-0.15, -0.1) is 0 Å². The molecule has 1 saturated heterocycles. The predicted octanol–water partition coefficient (Wildman–Crippen LogP) is 2.37. The molecule has 2 aromatic carbocycles. The summed E-state index contributed by atoms with van der Waals surface area (Å²) >= 11 is 0. The van der Waals surface area contributed by atoms with Crippen LogP contribution in [0.1, 0.15) is 12.0 Å². The molecular formula is C21H24N2O3. The van der Waals surface area contributed by atoms with E-state index in [0.717, 1.165) is 6.42 Å². The van der Waals surface area contributed by atoms with Crippen molar-refractivity contribution in [3.8, 4) is 5.75 Å². The highest BCUT2D eigenvalue weighted by Crippen LogP contribution is 2.10. The molecule has 0 radical (unpaired) electrons. The molecule has 26 heavy (non-hydrogen) atoms. The van der Waals surface area contributed by atoms with Crippen molar-refractivity contribution in [2.24, 2.45) is 0 Å². The Morgan fingerprint density at radius 2 is 1.31 bits per heavy atom. The van der Waals surface area contributed by atoms with Gasteiger partial charge < -0.3 is 14.5 Å². The summed E-state index contributed by atoms with van der Waals surface area (Å²) in [5.41, 5.74) is 1.17. The molecule has 0 spiro atoms. The van der Waals surface area contributed by atoms with Crippen LogP contribution >= 0.6 is 0 Å². The standard InChI is InChI=1S/C21H24N2O3/c24-20(12-11-18-7-3-1-4-8-18)22-13-15-23(16-14-22)21(25)17-26-19-9-5-2-6-10-19/h1-10H,11-17H2. The number of aryl methyl sites for hydroxylation is 1. The highest BCUT2D eigenvalue weighted by atomic mass is 16.5. The lowest BCUT2D eigenvalue weighted by Crippen LogP contribution is -2.51. The first-order valence-corrected chi connectivity index (χ1v) is 9.00. The Labute approximate surface area is 154 Å². The monoisotopic (exact) mass is 352 g/mol. The first-order valence-electron chi connectivity index (χ1n) is 9.00. The lowest BCUT2D eigenvalue weighted by molar-refractivity contribution is -0.140. The van der Waals surface area contributed by atoms with Gasteiger partial charge >= 0.3 is 0 Å². The van der Waals surface area contributed by atoms with Gasteiger partial charge in [-0.1, -0.05) is 48.5 Å². The predicted molar refractivity (Wildman–Crippen MR) is 99.9 cm³/mol. The molecule has 1 aliphatic rings. The van der Waals surface area contributed by atoms with Gasteiger partial charge in [-0.05, 0) is 24.1 Å². The first kappa shape index (κ1) is 18.0. The number of para-hydroxylation sites is 1. The number of amides is 2. The van der Waals surface area contributed by atoms with Gasteiger partial charge in [0, 0.05) is 32.6 Å². The highest BCUT2D eigenvalue weighted by Gasteiger charge is 2.24. The van der Waals surface area contributed by atoms with Crippen LogP contribution in [0.25, 0.3) is 0 Å². The summed E-state index contributed by atoms with van der Waals surface area (Å²) in [7, 11) is 0. The molecule has 0 unspecified atom stereocenters. The minimum absolute atomic E-state index is 0.0337. The van der Waals surface area contributed by atoms with Crippen LogP contribution in [0, 0.1) is 0 Å². The summed E-state index contributed by atoms with van der Waals surface area (Å²) in [6.07, 6.45) is 1.26. The normalized spacial score (nSPS) is 14.2. The second-order valence-corrected chi connectivity index (χ2v) is 6.35. The molecule has 5 nitrogen and oxygen atoms in total. The van der Waals surface area contributed by atoms with Gasteiger partial charge in [0.05, 0.1) is 0 Å². The maximum absolute atomic E-state index is 12.4. The van der Waals surface area contributed by atoms with Crippen LogP contribution in [-0.4, -0.2) is 54.4 Å². The largest absolute Gasteiger partial charge is 0.484 e. The molecule has 1 heterocycles. The Balaban J connectivity index is 1.39. The SMILES string of the molecule is O=C(CCc1ccccc1)N1CCN(C(=O)COc2ccccc2)CC1. The van der Waals surface area contributed by atoms with Crippen molar-refractivity contribution in [1.29, 1.82) is 0 Å². The number of benzene rings is 2. The van der Waals surface area contributed by atoms with Gasteiger partial charge in [0.15, 0.2) is 6.61 Å². The third kappa shape index (κ3) is 5.09. The first-order chi connectivity index (χ1) is 12.7. The fourth-order valence-electron chi connectivity index (χ4n) is 3.01. The number of carbonyl (C=O) groups excluding carboxylic acids is 2. The van der Waals surface area contributed by atoms with E-state index >= 15 is 0 Å². The van der Waals surface area contributed by atoms with Gasteiger partial charge in [-0.25, -0.2) is 0 Å². The van der Waals surface area contributed by atoms with E-state index in [9.17, 15) is 9.59 Å². The van der Waals surface area contributed by atoms with Gasteiger partial charge in [0.25, 0.3) is 5.91 Å². The van der Waals surface area contributed by atoms with E-state index in [0.29, 0.717) is 38.3 Å². The number of ether oxygens (including phenoxy) is 1. The Kier molecular flexibility index (Phi) is 6.25. The number of carbonyl (C=O) groups is 2. The lowest BCUT2D eigenvalue weighted by Gasteiger charge is -2.34. The lowest BCUT2D eigenvalue weighted by atomic mass is 10.1. The molecule has 1 aliphatic heterocycles. The summed E-state index contributed by atoms with van der Waals surface area (Å²) in [6.45, 7) is 2.34. The number of nitrogens with zero attached hydrogens (tertiary/aromatic N) is 2. The van der Waals surface area contributed by atoms with E-state index in [1.54, 1.807) is 4.90 Å². The van der Waals surface area contributed by atoms with Crippen LogP contribution in [-0.2, 0) is 16.0 Å². The second-order valence-electron chi connectivity index (χ2n) is 6.35. The summed E-state index contributed by atoms with van der Waals surface area (Å²) in [5.74, 6) is 0.808. The molecule has 2 aromatic rings. The third-order valence-electron chi connectivity index (χ3n) is 4.56. The highest BCUT2D eigenvalue weighted by molar-refractivity contribution is 5.79. The molecule has 1 fully saturated rings. The topological polar surface area (TPSA) is 49.9 Å². The molecule has 3 rings (SSSR count). The average Bonchev–Trinajstić information content (AvgIpc) is 2.72. The van der Waals surface area contributed by atoms with Crippen molar-refractivity contribution in [1.82, 2.24) is 9.80 Å². The fraction of sp³-hybridized carbons (Fsp3) is 0.333. The zero-order chi connectivity index (χ0) is 18.2. The summed E-state index contributed by atoms with van der Waals surface area (Å²) in [5, 5.41) is 0. The second kappa shape index (κ2) is 9.04. The Hall–Kier alpha value is -2.82. The van der Waals surface area contributed by atoms with E-state index < -0.39 is 0 Å². The third-order valence-corrected chi connectivity index (χ3v) is 4.56. The van der Waals surface area contributed by atoms with Gasteiger partial charge in [0.1, 0.15) is 5.75 Å². The zero-order valence-electron chi connectivity index (χ0n) is 14.8. The van der Waals surface area contributed by atoms with Crippen LogP contribution in [0.4, 0.5) is 0 Å². The molecule has 2 amide bonds. The van der Waals surface area contributed by atoms with Gasteiger partial charge in [0.2, 0.25) is 5.91 Å². The van der Waals surface area contributed by atoms with Crippen LogP contribution in [0.5, 0.6) is 5.75 Å². The van der Waals surface area contributed by atoms with Crippen molar-refractivity contribution in [3.05, 3.63) is 66.2 Å². The van der Waals surface area contributed by atoms with Crippen molar-refractivity contribution in [3.63, 3.8) is 0 Å². The molecule has 0 N–H and O–H groups in total. The summed E-state index contributed by atoms with van der Waals surface area (Å²) < 4.78 is 5.51. The summed E-state index contributed by atoms with van der Waals surface area (Å²) in [4.78, 5) is 28.2. The Morgan fingerprint density at radius 3 is 1.92 bits per heavy atom. The molecule has 0 atom stereocenters. The van der Waals surface area contributed by atoms with Crippen LogP contribution in [0.3, 0.4) is 0 Å². The number of rotatable bonds is 6. The van der Waals surface area contributed by atoms with Gasteiger partial charge in [-0.2, -0.15) is 0 Å². The van der Waals surface area contributed by atoms with Crippen molar-refractivity contribution in [2.75, 3.05) is 32.8 Å². The number of piperazine rings is 1. The molecule has 0 aliphatic carbocycles. The molecule has 0 aromatic heterocycles. The molecule has 0 bridgehead atoms. The van der Waals surface area contributed by atoms with Crippen molar-refractivity contribution < 1.29 is 14.3 Å². The zero-order valence-corrected chi connectivity index (χ0v) is 14.8. The quantitative estimate of drug-likeness (QED) is 0.802. The van der Waals surface area contributed by atoms with Crippen LogP contribution in [0.15, 0.2) is 60.7 Å². The summed E-state index contributed by atoms with van der Waals surface area (Å²) in [6, 6.07) is 19.3. The maximum atomic E-state index is 12.4. The molecule has 136 valence electrons. The minimum Gasteiger partial charge on any atom is -0.484 e. The van der Waals surface area contributed by atoms with Gasteiger partial charge in [-0.3, -0.25) is 9.59 Å². The molecule has 0 saturated carbocycles.